The SMILES string of the molecule is COc1ccc(Sc2ccc(NC(=O)C3CC(O)CN3)cc2)cc1.Cl. The molecule has 3 N–H and O–H groups in total. The van der Waals surface area contributed by atoms with E-state index in [1.165, 1.54) is 0 Å². The Morgan fingerprint density at radius 2 is 1.76 bits per heavy atom. The van der Waals surface area contributed by atoms with Crippen LogP contribution < -0.4 is 15.4 Å². The van der Waals surface area contributed by atoms with Gasteiger partial charge in [-0.3, -0.25) is 4.79 Å². The van der Waals surface area contributed by atoms with E-state index in [-0.39, 0.29) is 24.4 Å². The van der Waals surface area contributed by atoms with E-state index in [9.17, 15) is 9.90 Å². The predicted molar refractivity (Wildman–Crippen MR) is 102 cm³/mol. The first-order valence-electron chi connectivity index (χ1n) is 7.78. The number of methoxy groups -OCH3 is 1. The molecule has 5 nitrogen and oxygen atoms in total. The summed E-state index contributed by atoms with van der Waals surface area (Å²) < 4.78 is 5.15. The molecule has 2 unspecified atom stereocenters. The number of hydrogen-bond acceptors (Lipinski definition) is 5. The van der Waals surface area contributed by atoms with Crippen LogP contribution in [0.5, 0.6) is 5.75 Å². The number of nitrogens with one attached hydrogen (secondary N) is 2. The van der Waals surface area contributed by atoms with E-state index in [2.05, 4.69) is 10.6 Å². The van der Waals surface area contributed by atoms with E-state index in [0.717, 1.165) is 21.2 Å². The highest BCUT2D eigenvalue weighted by atomic mass is 35.5. The number of aliphatic hydroxyl groups is 1. The van der Waals surface area contributed by atoms with Crippen LogP contribution in [0.15, 0.2) is 58.3 Å². The van der Waals surface area contributed by atoms with Crippen LogP contribution >= 0.6 is 24.2 Å². The van der Waals surface area contributed by atoms with Gasteiger partial charge >= 0.3 is 0 Å². The molecule has 3 rings (SSSR count). The third-order valence-corrected chi connectivity index (χ3v) is 4.86. The molecule has 134 valence electrons. The maximum atomic E-state index is 12.1. The lowest BCUT2D eigenvalue weighted by Gasteiger charge is -2.11. The zero-order chi connectivity index (χ0) is 16.9. The van der Waals surface area contributed by atoms with Gasteiger partial charge < -0.3 is 20.5 Å². The standard InChI is InChI=1S/C18H20N2O3S.ClH/c1-23-14-4-8-16(9-5-14)24-15-6-2-12(3-7-15)20-18(22)17-10-13(21)11-19-17;/h2-9,13,17,19,21H,10-11H2,1H3,(H,20,22);1H. The number of ether oxygens (including phenoxy) is 1. The van der Waals surface area contributed by atoms with Gasteiger partial charge in [-0.15, -0.1) is 12.4 Å². The van der Waals surface area contributed by atoms with E-state index in [4.69, 9.17) is 4.74 Å². The molecule has 1 heterocycles. The molecule has 0 aromatic heterocycles. The molecule has 2 aromatic rings. The highest BCUT2D eigenvalue weighted by Crippen LogP contribution is 2.29. The number of aliphatic hydroxyl groups excluding tert-OH is 1. The molecule has 0 radical (unpaired) electrons. The first kappa shape index (κ1) is 19.6. The number of anilines is 1. The number of halogens is 1. The van der Waals surface area contributed by atoms with Gasteiger partial charge in [0, 0.05) is 22.0 Å². The summed E-state index contributed by atoms with van der Waals surface area (Å²) in [5.41, 5.74) is 0.752. The van der Waals surface area contributed by atoms with Crippen LogP contribution in [0.25, 0.3) is 0 Å². The topological polar surface area (TPSA) is 70.6 Å². The van der Waals surface area contributed by atoms with Crippen molar-refractivity contribution in [3.05, 3.63) is 48.5 Å². The summed E-state index contributed by atoms with van der Waals surface area (Å²) in [5.74, 6) is 0.727. The molecule has 1 fully saturated rings. The van der Waals surface area contributed by atoms with Gasteiger partial charge in [0.15, 0.2) is 0 Å². The van der Waals surface area contributed by atoms with Gasteiger partial charge in [0.25, 0.3) is 0 Å². The Morgan fingerprint density at radius 1 is 1.16 bits per heavy atom. The van der Waals surface area contributed by atoms with Gasteiger partial charge in [-0.05, 0) is 55.0 Å². The first-order valence-corrected chi connectivity index (χ1v) is 8.60. The normalized spacial score (nSPS) is 19.1. The minimum atomic E-state index is -0.441. The van der Waals surface area contributed by atoms with Crippen molar-refractivity contribution in [1.29, 1.82) is 0 Å². The highest BCUT2D eigenvalue weighted by Gasteiger charge is 2.27. The van der Waals surface area contributed by atoms with Crippen LogP contribution in [-0.2, 0) is 4.79 Å². The maximum Gasteiger partial charge on any atom is 0.241 e. The Kier molecular flexibility index (Phi) is 7.13. The van der Waals surface area contributed by atoms with E-state index < -0.39 is 6.10 Å². The van der Waals surface area contributed by atoms with Gasteiger partial charge in [-0.2, -0.15) is 0 Å². The Labute approximate surface area is 157 Å². The van der Waals surface area contributed by atoms with Crippen molar-refractivity contribution in [1.82, 2.24) is 5.32 Å². The fourth-order valence-electron chi connectivity index (χ4n) is 2.53. The number of benzene rings is 2. The van der Waals surface area contributed by atoms with Crippen molar-refractivity contribution in [2.24, 2.45) is 0 Å². The first-order chi connectivity index (χ1) is 11.6. The molecule has 1 aliphatic rings. The Hall–Kier alpha value is -1.73. The largest absolute Gasteiger partial charge is 0.497 e. The summed E-state index contributed by atoms with van der Waals surface area (Å²) in [6.45, 7) is 0.468. The summed E-state index contributed by atoms with van der Waals surface area (Å²) in [5, 5.41) is 15.3. The van der Waals surface area contributed by atoms with Crippen molar-refractivity contribution in [3.8, 4) is 5.75 Å². The van der Waals surface area contributed by atoms with Gasteiger partial charge in [-0.1, -0.05) is 11.8 Å². The number of rotatable bonds is 5. The van der Waals surface area contributed by atoms with Crippen molar-refractivity contribution in [2.45, 2.75) is 28.4 Å². The molecule has 2 atom stereocenters. The third kappa shape index (κ3) is 5.37. The summed E-state index contributed by atoms with van der Waals surface area (Å²) in [6.07, 6.45) is 0.0149. The summed E-state index contributed by atoms with van der Waals surface area (Å²) in [4.78, 5) is 14.3. The molecule has 0 saturated carbocycles. The van der Waals surface area contributed by atoms with E-state index in [0.29, 0.717) is 13.0 Å². The second-order valence-electron chi connectivity index (χ2n) is 5.64. The van der Waals surface area contributed by atoms with Crippen LogP contribution in [0.3, 0.4) is 0 Å². The van der Waals surface area contributed by atoms with E-state index in [1.807, 2.05) is 48.5 Å². The minimum absolute atomic E-state index is 0. The molecule has 0 spiro atoms. The van der Waals surface area contributed by atoms with Crippen LogP contribution in [0.4, 0.5) is 5.69 Å². The quantitative estimate of drug-likeness (QED) is 0.744. The molecule has 1 aliphatic heterocycles. The second kappa shape index (κ2) is 9.10. The lowest BCUT2D eigenvalue weighted by Crippen LogP contribution is -2.35. The molecule has 0 aliphatic carbocycles. The average Bonchev–Trinajstić information content (AvgIpc) is 3.04. The van der Waals surface area contributed by atoms with Crippen molar-refractivity contribution >= 4 is 35.8 Å². The fraction of sp³-hybridized carbons (Fsp3) is 0.278. The third-order valence-electron chi connectivity index (χ3n) is 3.84. The molecule has 25 heavy (non-hydrogen) atoms. The van der Waals surface area contributed by atoms with Crippen molar-refractivity contribution in [3.63, 3.8) is 0 Å². The fourth-order valence-corrected chi connectivity index (χ4v) is 3.35. The van der Waals surface area contributed by atoms with Gasteiger partial charge in [0.05, 0.1) is 19.3 Å². The molecular weight excluding hydrogens is 360 g/mol. The van der Waals surface area contributed by atoms with Crippen LogP contribution in [0.1, 0.15) is 6.42 Å². The number of carbonyl (C=O) groups excluding carboxylic acids is 1. The lowest BCUT2D eigenvalue weighted by atomic mass is 10.2. The number of amides is 1. The molecule has 1 amide bonds. The Balaban J connectivity index is 0.00000225. The smallest absolute Gasteiger partial charge is 0.241 e. The van der Waals surface area contributed by atoms with Gasteiger partial charge in [0.1, 0.15) is 5.75 Å². The number of β-amino-alcohol motifs (C(OH)–C–C–N with tert-alkyl or cyclic N) is 1. The molecule has 0 bridgehead atoms. The lowest BCUT2D eigenvalue weighted by molar-refractivity contribution is -0.117. The van der Waals surface area contributed by atoms with Gasteiger partial charge in [-0.25, -0.2) is 0 Å². The van der Waals surface area contributed by atoms with Crippen LogP contribution in [0.2, 0.25) is 0 Å². The van der Waals surface area contributed by atoms with Crippen molar-refractivity contribution in [2.75, 3.05) is 19.0 Å². The number of hydrogen-bond donors (Lipinski definition) is 3. The molecular formula is C18H21ClN2O3S. The predicted octanol–water partition coefficient (Wildman–Crippen LogP) is 2.93. The van der Waals surface area contributed by atoms with E-state index in [1.54, 1.807) is 18.9 Å². The summed E-state index contributed by atoms with van der Waals surface area (Å²) in [6, 6.07) is 15.3. The molecule has 7 heteroatoms. The zero-order valence-electron chi connectivity index (χ0n) is 13.8. The zero-order valence-corrected chi connectivity index (χ0v) is 15.4. The van der Waals surface area contributed by atoms with Crippen LogP contribution in [0, 0.1) is 0 Å². The Bertz CT molecular complexity index is 694. The molecule has 2 aromatic carbocycles. The summed E-state index contributed by atoms with van der Waals surface area (Å²) >= 11 is 1.65. The maximum absolute atomic E-state index is 12.1. The average molecular weight is 381 g/mol. The summed E-state index contributed by atoms with van der Waals surface area (Å²) in [7, 11) is 1.65. The minimum Gasteiger partial charge on any atom is -0.497 e. The Morgan fingerprint density at radius 3 is 2.28 bits per heavy atom. The second-order valence-corrected chi connectivity index (χ2v) is 6.79. The van der Waals surface area contributed by atoms with Crippen LogP contribution in [-0.4, -0.2) is 36.8 Å². The molecule has 1 saturated heterocycles. The van der Waals surface area contributed by atoms with Crippen molar-refractivity contribution < 1.29 is 14.6 Å². The van der Waals surface area contributed by atoms with Gasteiger partial charge in [0.2, 0.25) is 5.91 Å². The highest BCUT2D eigenvalue weighted by molar-refractivity contribution is 7.99. The van der Waals surface area contributed by atoms with E-state index >= 15 is 0 Å². The monoisotopic (exact) mass is 380 g/mol. The number of carbonyl (C=O) groups is 1.